The van der Waals surface area contributed by atoms with Crippen LogP contribution in [0.25, 0.3) is 10.9 Å². The van der Waals surface area contributed by atoms with Gasteiger partial charge < -0.3 is 15.1 Å². The van der Waals surface area contributed by atoms with Crippen molar-refractivity contribution in [1.29, 1.82) is 0 Å². The Morgan fingerprint density at radius 3 is 3.00 bits per heavy atom. The topological polar surface area (TPSA) is 68.9 Å². The van der Waals surface area contributed by atoms with Gasteiger partial charge in [0.1, 0.15) is 0 Å². The summed E-state index contributed by atoms with van der Waals surface area (Å²) in [7, 11) is 0. The first-order valence-electron chi connectivity index (χ1n) is 4.03. The molecular formula is C9H10N2O2. The van der Waals surface area contributed by atoms with Gasteiger partial charge in [-0.1, -0.05) is 0 Å². The number of hydrogen-bond acceptors (Lipinski definition) is 2. The van der Waals surface area contributed by atoms with Crippen molar-refractivity contribution in [2.45, 2.75) is 13.5 Å². The molecular weight excluding hydrogens is 168 g/mol. The zero-order chi connectivity index (χ0) is 9.42. The molecule has 0 saturated carbocycles. The first-order valence-corrected chi connectivity index (χ1v) is 4.03. The smallest absolute Gasteiger partial charge is 0.255 e. The van der Waals surface area contributed by atoms with Crippen molar-refractivity contribution >= 4 is 10.9 Å². The highest BCUT2D eigenvalue weighted by Crippen LogP contribution is 2.15. The molecule has 0 unspecified atom stereocenters. The minimum absolute atomic E-state index is 0.227. The molecule has 13 heavy (non-hydrogen) atoms. The lowest BCUT2D eigenvalue weighted by molar-refractivity contribution is 0.281. The maximum atomic E-state index is 11.3. The molecule has 0 saturated heterocycles. The number of aliphatic hydroxyl groups is 1. The Bertz CT molecular complexity index is 496. The number of pyridine rings is 1. The molecule has 0 aliphatic carbocycles. The number of aromatic amines is 2. The van der Waals surface area contributed by atoms with Gasteiger partial charge in [0.05, 0.1) is 17.7 Å². The van der Waals surface area contributed by atoms with Crippen molar-refractivity contribution in [3.05, 3.63) is 33.9 Å². The quantitative estimate of drug-likeness (QED) is 0.600. The summed E-state index contributed by atoms with van der Waals surface area (Å²) in [5, 5.41) is 9.93. The van der Waals surface area contributed by atoms with Crippen molar-refractivity contribution in [2.75, 3.05) is 0 Å². The lowest BCUT2D eigenvalue weighted by Crippen LogP contribution is -2.14. The molecule has 0 aromatic carbocycles. The molecule has 4 nitrogen and oxygen atoms in total. The third-order valence-electron chi connectivity index (χ3n) is 2.19. The molecule has 0 fully saturated rings. The van der Waals surface area contributed by atoms with Crippen molar-refractivity contribution in [3.8, 4) is 0 Å². The first-order chi connectivity index (χ1) is 6.24. The van der Waals surface area contributed by atoms with E-state index in [4.69, 9.17) is 5.11 Å². The van der Waals surface area contributed by atoms with E-state index in [-0.39, 0.29) is 12.2 Å². The molecule has 2 aromatic rings. The second kappa shape index (κ2) is 2.74. The largest absolute Gasteiger partial charge is 0.391 e. The fourth-order valence-electron chi connectivity index (χ4n) is 1.51. The number of aryl methyl sites for hydroxylation is 1. The van der Waals surface area contributed by atoms with E-state index in [9.17, 15) is 4.79 Å². The number of aromatic nitrogens is 2. The molecule has 3 N–H and O–H groups in total. The lowest BCUT2D eigenvalue weighted by Gasteiger charge is -2.00. The molecule has 0 spiro atoms. The van der Waals surface area contributed by atoms with Gasteiger partial charge in [0, 0.05) is 17.3 Å². The average molecular weight is 178 g/mol. The van der Waals surface area contributed by atoms with E-state index in [0.717, 1.165) is 16.6 Å². The predicted molar refractivity (Wildman–Crippen MR) is 49.6 cm³/mol. The van der Waals surface area contributed by atoms with Crippen LogP contribution in [0.2, 0.25) is 0 Å². The van der Waals surface area contributed by atoms with Gasteiger partial charge in [0.2, 0.25) is 0 Å². The molecule has 4 heteroatoms. The summed E-state index contributed by atoms with van der Waals surface area (Å²) in [5.41, 5.74) is 1.71. The summed E-state index contributed by atoms with van der Waals surface area (Å²) >= 11 is 0. The SMILES string of the molecule is Cc1[nH]c(=O)c(CO)c2[nH]ccc12. The van der Waals surface area contributed by atoms with Gasteiger partial charge in [-0.3, -0.25) is 4.79 Å². The lowest BCUT2D eigenvalue weighted by atomic mass is 10.2. The fourth-order valence-corrected chi connectivity index (χ4v) is 1.51. The summed E-state index contributed by atoms with van der Waals surface area (Å²) in [6.45, 7) is 1.59. The minimum Gasteiger partial charge on any atom is -0.391 e. The third kappa shape index (κ3) is 1.07. The van der Waals surface area contributed by atoms with Gasteiger partial charge in [-0.25, -0.2) is 0 Å². The number of hydrogen-bond donors (Lipinski definition) is 3. The number of H-pyrrole nitrogens is 2. The van der Waals surface area contributed by atoms with Crippen molar-refractivity contribution in [1.82, 2.24) is 9.97 Å². The van der Waals surface area contributed by atoms with Gasteiger partial charge >= 0.3 is 0 Å². The van der Waals surface area contributed by atoms with Crippen LogP contribution in [0.15, 0.2) is 17.1 Å². The van der Waals surface area contributed by atoms with Crippen molar-refractivity contribution < 1.29 is 5.11 Å². The zero-order valence-electron chi connectivity index (χ0n) is 7.22. The maximum absolute atomic E-state index is 11.3. The van der Waals surface area contributed by atoms with E-state index >= 15 is 0 Å². The highest BCUT2D eigenvalue weighted by molar-refractivity contribution is 5.84. The van der Waals surface area contributed by atoms with E-state index < -0.39 is 0 Å². The Morgan fingerprint density at radius 1 is 1.54 bits per heavy atom. The fraction of sp³-hybridized carbons (Fsp3) is 0.222. The van der Waals surface area contributed by atoms with Crippen LogP contribution in [-0.2, 0) is 6.61 Å². The molecule has 68 valence electrons. The maximum Gasteiger partial charge on any atom is 0.255 e. The number of nitrogens with one attached hydrogen (secondary N) is 2. The molecule has 0 atom stereocenters. The van der Waals surface area contributed by atoms with Crippen LogP contribution in [0.5, 0.6) is 0 Å². The Hall–Kier alpha value is -1.55. The second-order valence-corrected chi connectivity index (χ2v) is 2.98. The van der Waals surface area contributed by atoms with Crippen LogP contribution >= 0.6 is 0 Å². The summed E-state index contributed by atoms with van der Waals surface area (Å²) < 4.78 is 0. The zero-order valence-corrected chi connectivity index (χ0v) is 7.22. The standard InChI is InChI=1S/C9H10N2O2/c1-5-6-2-3-10-8(6)7(4-12)9(13)11-5/h2-3,10,12H,4H2,1H3,(H,11,13). The highest BCUT2D eigenvalue weighted by atomic mass is 16.3. The minimum atomic E-state index is -0.243. The van der Waals surface area contributed by atoms with Crippen LogP contribution in [0.3, 0.4) is 0 Å². The Kier molecular flexibility index (Phi) is 1.70. The van der Waals surface area contributed by atoms with Crippen LogP contribution in [0, 0.1) is 6.92 Å². The van der Waals surface area contributed by atoms with Gasteiger partial charge in [0.25, 0.3) is 5.56 Å². The van der Waals surface area contributed by atoms with Crippen LogP contribution in [-0.4, -0.2) is 15.1 Å². The molecule has 0 amide bonds. The summed E-state index contributed by atoms with van der Waals surface area (Å²) in [5.74, 6) is 0. The van der Waals surface area contributed by atoms with Gasteiger partial charge in [-0.2, -0.15) is 0 Å². The van der Waals surface area contributed by atoms with E-state index in [0.29, 0.717) is 5.56 Å². The number of aliphatic hydroxyl groups excluding tert-OH is 1. The first kappa shape index (κ1) is 8.07. The van der Waals surface area contributed by atoms with E-state index in [1.807, 2.05) is 13.0 Å². The summed E-state index contributed by atoms with van der Waals surface area (Å²) in [6.07, 6.45) is 1.75. The average Bonchev–Trinajstić information content (AvgIpc) is 2.53. The molecule has 0 aliphatic heterocycles. The number of fused-ring (bicyclic) bond motifs is 1. The summed E-state index contributed by atoms with van der Waals surface area (Å²) in [6, 6.07) is 1.87. The van der Waals surface area contributed by atoms with E-state index in [1.54, 1.807) is 6.20 Å². The Morgan fingerprint density at radius 2 is 2.31 bits per heavy atom. The monoisotopic (exact) mass is 178 g/mol. The molecule has 0 aliphatic rings. The van der Waals surface area contributed by atoms with Crippen LogP contribution < -0.4 is 5.56 Å². The van der Waals surface area contributed by atoms with Gasteiger partial charge in [-0.15, -0.1) is 0 Å². The Labute approximate surface area is 74.2 Å². The number of rotatable bonds is 1. The van der Waals surface area contributed by atoms with Crippen molar-refractivity contribution in [2.24, 2.45) is 0 Å². The second-order valence-electron chi connectivity index (χ2n) is 2.98. The van der Waals surface area contributed by atoms with Gasteiger partial charge in [0.15, 0.2) is 0 Å². The molecule has 2 rings (SSSR count). The molecule has 2 heterocycles. The third-order valence-corrected chi connectivity index (χ3v) is 2.19. The predicted octanol–water partition coefficient (Wildman–Crippen LogP) is 0.657. The van der Waals surface area contributed by atoms with E-state index in [1.165, 1.54) is 0 Å². The molecule has 2 aromatic heterocycles. The molecule has 0 radical (unpaired) electrons. The molecule has 0 bridgehead atoms. The van der Waals surface area contributed by atoms with Crippen LogP contribution in [0.4, 0.5) is 0 Å². The van der Waals surface area contributed by atoms with E-state index in [2.05, 4.69) is 9.97 Å². The normalized spacial score (nSPS) is 10.9. The summed E-state index contributed by atoms with van der Waals surface area (Å²) in [4.78, 5) is 17.0. The highest BCUT2D eigenvalue weighted by Gasteiger charge is 2.07. The van der Waals surface area contributed by atoms with Crippen molar-refractivity contribution in [3.63, 3.8) is 0 Å². The van der Waals surface area contributed by atoms with Crippen LogP contribution in [0.1, 0.15) is 11.3 Å². The van der Waals surface area contributed by atoms with Gasteiger partial charge in [-0.05, 0) is 13.0 Å². The Balaban J connectivity index is 2.97.